The van der Waals surface area contributed by atoms with E-state index in [4.69, 9.17) is 9.47 Å². The first-order valence-electron chi connectivity index (χ1n) is 9.30. The number of ether oxygens (including phenoxy) is 2. The summed E-state index contributed by atoms with van der Waals surface area (Å²) in [7, 11) is -2.63. The Hall–Kier alpha value is -3.34. The van der Waals surface area contributed by atoms with E-state index in [1.165, 1.54) is 19.2 Å². The van der Waals surface area contributed by atoms with Crippen molar-refractivity contribution < 1.29 is 27.6 Å². The van der Waals surface area contributed by atoms with Crippen LogP contribution in [0.15, 0.2) is 36.4 Å². The lowest BCUT2D eigenvalue weighted by atomic mass is 10.1. The largest absolute Gasteiger partial charge is 0.495 e. The van der Waals surface area contributed by atoms with Gasteiger partial charge in [-0.2, -0.15) is 0 Å². The second-order valence-electron chi connectivity index (χ2n) is 6.83. The minimum absolute atomic E-state index is 0.0851. The van der Waals surface area contributed by atoms with E-state index in [0.29, 0.717) is 5.75 Å². The van der Waals surface area contributed by atoms with Crippen molar-refractivity contribution in [2.24, 2.45) is 0 Å². The van der Waals surface area contributed by atoms with Crippen LogP contribution in [0, 0.1) is 24.0 Å². The normalized spacial score (nSPS) is 11.0. The topological polar surface area (TPSA) is 128 Å². The summed E-state index contributed by atoms with van der Waals surface area (Å²) >= 11 is 0. The molecule has 1 amide bonds. The molecule has 0 unspecified atom stereocenters. The van der Waals surface area contributed by atoms with Crippen LogP contribution in [0.5, 0.6) is 11.5 Å². The minimum Gasteiger partial charge on any atom is -0.495 e. The molecule has 0 radical (unpaired) electrons. The monoisotopic (exact) mass is 451 g/mol. The summed E-state index contributed by atoms with van der Waals surface area (Å²) in [6, 6.07) is 9.16. The summed E-state index contributed by atoms with van der Waals surface area (Å²) in [6.45, 7) is 3.72. The third-order valence-corrected chi connectivity index (χ3v) is 5.63. The molecule has 0 aromatic heterocycles. The van der Waals surface area contributed by atoms with Gasteiger partial charge < -0.3 is 14.8 Å². The van der Waals surface area contributed by atoms with Crippen molar-refractivity contribution in [3.63, 3.8) is 0 Å². The lowest BCUT2D eigenvalue weighted by Crippen LogP contribution is -2.41. The molecule has 0 atom stereocenters. The highest BCUT2D eigenvalue weighted by molar-refractivity contribution is 7.92. The zero-order chi connectivity index (χ0) is 23.2. The van der Waals surface area contributed by atoms with Crippen molar-refractivity contribution in [1.29, 1.82) is 0 Å². The fraction of sp³-hybridized carbons (Fsp3) is 0.350. The number of aryl methyl sites for hydroxylation is 2. The molecule has 0 heterocycles. The molecular formula is C20H25N3O7S. The highest BCUT2D eigenvalue weighted by Gasteiger charge is 2.26. The van der Waals surface area contributed by atoms with Crippen LogP contribution in [0.25, 0.3) is 0 Å². The zero-order valence-electron chi connectivity index (χ0n) is 17.7. The number of sulfonamides is 1. The molecular weight excluding hydrogens is 426 g/mol. The first-order chi connectivity index (χ1) is 14.5. The number of carbonyl (C=O) groups excluding carboxylic acids is 1. The van der Waals surface area contributed by atoms with Gasteiger partial charge in [0.25, 0.3) is 5.69 Å². The van der Waals surface area contributed by atoms with Crippen LogP contribution < -0.4 is 19.1 Å². The predicted molar refractivity (Wildman–Crippen MR) is 116 cm³/mol. The van der Waals surface area contributed by atoms with E-state index in [9.17, 15) is 23.3 Å². The number of nitro benzene ring substituents is 1. The highest BCUT2D eigenvalue weighted by Crippen LogP contribution is 2.33. The van der Waals surface area contributed by atoms with E-state index in [2.05, 4.69) is 5.32 Å². The van der Waals surface area contributed by atoms with Crippen LogP contribution in [0.2, 0.25) is 0 Å². The number of nitrogens with zero attached hydrogens (tertiary/aromatic N) is 2. The number of hydrogen-bond donors (Lipinski definition) is 1. The number of carbonyl (C=O) groups is 1. The van der Waals surface area contributed by atoms with Crippen LogP contribution in [-0.2, 0) is 14.8 Å². The molecule has 10 nitrogen and oxygen atoms in total. The Bertz CT molecular complexity index is 1070. The SMILES string of the molecule is COc1ccc([N+](=O)[O-])cc1N(CC(=O)NCCOc1ccc(C)c(C)c1)S(C)(=O)=O. The van der Waals surface area contributed by atoms with Gasteiger partial charge in [0.15, 0.2) is 0 Å². The lowest BCUT2D eigenvalue weighted by Gasteiger charge is -2.23. The molecule has 2 aromatic rings. The average Bonchev–Trinajstić information content (AvgIpc) is 2.70. The summed E-state index contributed by atoms with van der Waals surface area (Å²) < 4.78 is 36.0. The summed E-state index contributed by atoms with van der Waals surface area (Å²) in [5.41, 5.74) is 1.79. The zero-order valence-corrected chi connectivity index (χ0v) is 18.6. The second kappa shape index (κ2) is 10.1. The van der Waals surface area contributed by atoms with Crippen molar-refractivity contribution in [3.8, 4) is 11.5 Å². The molecule has 31 heavy (non-hydrogen) atoms. The van der Waals surface area contributed by atoms with E-state index in [0.717, 1.165) is 27.8 Å². The predicted octanol–water partition coefficient (Wildman–Crippen LogP) is 2.18. The number of anilines is 1. The molecule has 2 rings (SSSR count). The number of nitro groups is 1. The first-order valence-corrected chi connectivity index (χ1v) is 11.1. The van der Waals surface area contributed by atoms with Crippen LogP contribution in [0.1, 0.15) is 11.1 Å². The molecule has 0 spiro atoms. The molecule has 11 heteroatoms. The third-order valence-electron chi connectivity index (χ3n) is 4.50. The molecule has 0 saturated carbocycles. The Labute approximate surface area is 181 Å². The van der Waals surface area contributed by atoms with Crippen molar-refractivity contribution in [1.82, 2.24) is 5.32 Å². The quantitative estimate of drug-likeness (QED) is 0.333. The molecule has 0 saturated heterocycles. The van der Waals surface area contributed by atoms with Gasteiger partial charge in [0.2, 0.25) is 15.9 Å². The number of non-ortho nitro benzene ring substituents is 1. The van der Waals surface area contributed by atoms with E-state index < -0.39 is 27.4 Å². The summed E-state index contributed by atoms with van der Waals surface area (Å²) in [5.74, 6) is 0.154. The van der Waals surface area contributed by atoms with Gasteiger partial charge in [-0.1, -0.05) is 6.07 Å². The standard InChI is InChI=1S/C20H25N3O7S/c1-14-5-7-17(11-15(14)2)30-10-9-21-20(24)13-22(31(4,27)28)18-12-16(23(25)26)6-8-19(18)29-3/h5-8,11-12H,9-10,13H2,1-4H3,(H,21,24). The number of hydrogen-bond acceptors (Lipinski definition) is 7. The minimum atomic E-state index is -3.93. The average molecular weight is 452 g/mol. The number of methoxy groups -OCH3 is 1. The summed E-state index contributed by atoms with van der Waals surface area (Å²) in [5, 5.41) is 13.7. The van der Waals surface area contributed by atoms with Gasteiger partial charge >= 0.3 is 0 Å². The van der Waals surface area contributed by atoms with Crippen molar-refractivity contribution in [2.45, 2.75) is 13.8 Å². The number of benzene rings is 2. The van der Waals surface area contributed by atoms with Gasteiger partial charge in [-0.3, -0.25) is 19.2 Å². The van der Waals surface area contributed by atoms with Crippen molar-refractivity contribution >= 4 is 27.3 Å². The van der Waals surface area contributed by atoms with Crippen LogP contribution in [0.4, 0.5) is 11.4 Å². The fourth-order valence-electron chi connectivity index (χ4n) is 2.72. The second-order valence-corrected chi connectivity index (χ2v) is 8.73. The van der Waals surface area contributed by atoms with Crippen molar-refractivity contribution in [3.05, 3.63) is 57.6 Å². The first kappa shape index (κ1) is 23.9. The van der Waals surface area contributed by atoms with Gasteiger partial charge in [0.05, 0.1) is 24.8 Å². The highest BCUT2D eigenvalue weighted by atomic mass is 32.2. The molecule has 0 aliphatic heterocycles. The Balaban J connectivity index is 2.06. The Morgan fingerprint density at radius 1 is 1.16 bits per heavy atom. The molecule has 0 aliphatic rings. The summed E-state index contributed by atoms with van der Waals surface area (Å²) in [6.07, 6.45) is 0.904. The Morgan fingerprint density at radius 3 is 2.45 bits per heavy atom. The molecule has 0 fully saturated rings. The molecule has 168 valence electrons. The maximum Gasteiger partial charge on any atom is 0.271 e. The molecule has 2 aromatic carbocycles. The molecule has 0 aliphatic carbocycles. The molecule has 0 bridgehead atoms. The number of amides is 1. The lowest BCUT2D eigenvalue weighted by molar-refractivity contribution is -0.384. The fourth-order valence-corrected chi connectivity index (χ4v) is 3.57. The Kier molecular flexibility index (Phi) is 7.81. The van der Waals surface area contributed by atoms with Gasteiger partial charge in [-0.25, -0.2) is 8.42 Å². The van der Waals surface area contributed by atoms with E-state index in [-0.39, 0.29) is 30.3 Å². The van der Waals surface area contributed by atoms with Crippen molar-refractivity contribution in [2.75, 3.05) is 37.4 Å². The van der Waals surface area contributed by atoms with Gasteiger partial charge in [-0.05, 0) is 43.2 Å². The van der Waals surface area contributed by atoms with Crippen LogP contribution >= 0.6 is 0 Å². The number of nitrogens with one attached hydrogen (secondary N) is 1. The van der Waals surface area contributed by atoms with Gasteiger partial charge in [-0.15, -0.1) is 0 Å². The Morgan fingerprint density at radius 2 is 1.87 bits per heavy atom. The maximum atomic E-state index is 12.4. The van der Waals surface area contributed by atoms with Gasteiger partial charge in [0.1, 0.15) is 30.3 Å². The summed E-state index contributed by atoms with van der Waals surface area (Å²) in [4.78, 5) is 22.8. The smallest absolute Gasteiger partial charge is 0.271 e. The van der Waals surface area contributed by atoms with E-state index >= 15 is 0 Å². The van der Waals surface area contributed by atoms with E-state index in [1.54, 1.807) is 0 Å². The van der Waals surface area contributed by atoms with E-state index in [1.807, 2.05) is 32.0 Å². The van der Waals surface area contributed by atoms with Crippen LogP contribution in [-0.4, -0.2) is 52.3 Å². The molecule has 1 N–H and O–H groups in total. The van der Waals surface area contributed by atoms with Crippen LogP contribution in [0.3, 0.4) is 0 Å². The number of rotatable bonds is 10. The maximum absolute atomic E-state index is 12.4. The van der Waals surface area contributed by atoms with Gasteiger partial charge in [0, 0.05) is 12.1 Å². The third kappa shape index (κ3) is 6.57.